The van der Waals surface area contributed by atoms with Gasteiger partial charge in [0.15, 0.2) is 5.76 Å². The Morgan fingerprint density at radius 2 is 2.06 bits per heavy atom. The molecule has 0 N–H and O–H groups in total. The largest absolute Gasteiger partial charge is 0.459 e. The predicted octanol–water partition coefficient (Wildman–Crippen LogP) is 4.53. The van der Waals surface area contributed by atoms with Gasteiger partial charge in [-0.25, -0.2) is 4.79 Å². The Balaban J connectivity index is 1.46. The molecule has 2 amide bonds. The fourth-order valence-electron chi connectivity index (χ4n) is 4.56. The summed E-state index contributed by atoms with van der Waals surface area (Å²) in [4.78, 5) is 31.0. The van der Waals surface area contributed by atoms with Gasteiger partial charge in [0.05, 0.1) is 29.5 Å². The predicted molar refractivity (Wildman–Crippen MR) is 136 cm³/mol. The zero-order valence-electron chi connectivity index (χ0n) is 19.6. The minimum atomic E-state index is -0.443. The Morgan fingerprint density at radius 1 is 1.25 bits per heavy atom. The number of aromatic nitrogens is 2. The number of furan rings is 1. The first-order valence-corrected chi connectivity index (χ1v) is 13.7. The van der Waals surface area contributed by atoms with Gasteiger partial charge < -0.3 is 19.0 Å². The SMILES string of the molecule is CC1CN(C(=O)N2CCOCC2)CC1c1nn(C(=O)c2ccco2)c(SCc2ccc(Cl)s2)c1C#N. The van der Waals surface area contributed by atoms with Crippen LogP contribution in [0.3, 0.4) is 0 Å². The maximum Gasteiger partial charge on any atom is 0.320 e. The van der Waals surface area contributed by atoms with E-state index in [4.69, 9.17) is 20.8 Å². The number of rotatable bonds is 5. The second-order valence-corrected chi connectivity index (χ2v) is 11.5. The quantitative estimate of drug-likeness (QED) is 0.434. The highest BCUT2D eigenvalue weighted by molar-refractivity contribution is 7.98. The van der Waals surface area contributed by atoms with Crippen molar-refractivity contribution in [3.8, 4) is 6.07 Å². The van der Waals surface area contributed by atoms with Gasteiger partial charge in [-0.1, -0.05) is 30.3 Å². The summed E-state index contributed by atoms with van der Waals surface area (Å²) in [5.74, 6) is 0.119. The second-order valence-electron chi connectivity index (χ2n) is 8.74. The molecule has 0 radical (unpaired) electrons. The summed E-state index contributed by atoms with van der Waals surface area (Å²) in [7, 11) is 0. The van der Waals surface area contributed by atoms with E-state index in [0.717, 1.165) is 4.88 Å². The van der Waals surface area contributed by atoms with Crippen molar-refractivity contribution in [3.63, 3.8) is 0 Å². The average molecular weight is 546 g/mol. The lowest BCUT2D eigenvalue weighted by Crippen LogP contribution is -2.47. The number of amides is 2. The van der Waals surface area contributed by atoms with Crippen molar-refractivity contribution in [3.05, 3.63) is 56.8 Å². The molecule has 188 valence electrons. The van der Waals surface area contributed by atoms with E-state index < -0.39 is 5.91 Å². The van der Waals surface area contributed by atoms with Crippen LogP contribution in [0.25, 0.3) is 0 Å². The molecule has 2 aliphatic rings. The van der Waals surface area contributed by atoms with Gasteiger partial charge in [0, 0.05) is 42.7 Å². The minimum absolute atomic E-state index is 0.0265. The summed E-state index contributed by atoms with van der Waals surface area (Å²) in [6.45, 7) is 5.24. The number of thiophene rings is 1. The van der Waals surface area contributed by atoms with Gasteiger partial charge in [-0.2, -0.15) is 15.0 Å². The summed E-state index contributed by atoms with van der Waals surface area (Å²) in [5, 5.41) is 15.3. The van der Waals surface area contributed by atoms with Crippen LogP contribution < -0.4 is 0 Å². The lowest BCUT2D eigenvalue weighted by molar-refractivity contribution is 0.0449. The van der Waals surface area contributed by atoms with E-state index in [1.807, 2.05) is 24.0 Å². The standard InChI is InChI=1S/C24H24ClN5O4S2/c1-15-12-29(24(32)28-6-9-33-10-7-28)13-18(15)21-17(11-26)23(35-14-16-4-5-20(25)36-16)30(27-21)22(31)19-3-2-8-34-19/h2-5,8,15,18H,6-7,9-10,12-14H2,1H3. The molecule has 0 spiro atoms. The molecule has 5 heterocycles. The Kier molecular flexibility index (Phi) is 7.39. The summed E-state index contributed by atoms with van der Waals surface area (Å²) >= 11 is 8.90. The van der Waals surface area contributed by atoms with Gasteiger partial charge in [-0.3, -0.25) is 4.79 Å². The van der Waals surface area contributed by atoms with Crippen LogP contribution in [-0.2, 0) is 10.5 Å². The second kappa shape index (κ2) is 10.7. The first-order chi connectivity index (χ1) is 17.5. The van der Waals surface area contributed by atoms with Crippen molar-refractivity contribution < 1.29 is 18.7 Å². The van der Waals surface area contributed by atoms with E-state index in [0.29, 0.717) is 65.8 Å². The lowest BCUT2D eigenvalue weighted by atomic mass is 9.93. The van der Waals surface area contributed by atoms with Gasteiger partial charge in [0.2, 0.25) is 0 Å². The van der Waals surface area contributed by atoms with Crippen molar-refractivity contribution in [2.45, 2.75) is 23.6 Å². The van der Waals surface area contributed by atoms with E-state index in [2.05, 4.69) is 11.2 Å². The van der Waals surface area contributed by atoms with Crippen LogP contribution in [-0.4, -0.2) is 70.9 Å². The number of halogens is 1. The van der Waals surface area contributed by atoms with Gasteiger partial charge in [-0.15, -0.1) is 11.3 Å². The molecule has 0 aliphatic carbocycles. The van der Waals surface area contributed by atoms with Gasteiger partial charge in [0.1, 0.15) is 16.7 Å². The minimum Gasteiger partial charge on any atom is -0.459 e. The van der Waals surface area contributed by atoms with Crippen LogP contribution in [0.5, 0.6) is 0 Å². The van der Waals surface area contributed by atoms with E-state index in [1.165, 1.54) is 34.0 Å². The normalized spacial score (nSPS) is 20.0. The number of likely N-dealkylation sites (tertiary alicyclic amines) is 1. The van der Waals surface area contributed by atoms with Crippen molar-refractivity contribution in [2.24, 2.45) is 5.92 Å². The zero-order valence-corrected chi connectivity index (χ0v) is 21.9. The molecule has 12 heteroatoms. The van der Waals surface area contributed by atoms with Gasteiger partial charge in [-0.05, 0) is 30.2 Å². The van der Waals surface area contributed by atoms with E-state index >= 15 is 0 Å². The highest BCUT2D eigenvalue weighted by atomic mass is 35.5. The fraction of sp³-hybridized carbons (Fsp3) is 0.417. The number of ether oxygens (including phenoxy) is 1. The van der Waals surface area contributed by atoms with Crippen molar-refractivity contribution >= 4 is 46.6 Å². The van der Waals surface area contributed by atoms with Crippen LogP contribution in [0.1, 0.15) is 39.5 Å². The van der Waals surface area contributed by atoms with Crippen molar-refractivity contribution in [1.29, 1.82) is 5.26 Å². The zero-order chi connectivity index (χ0) is 25.2. The van der Waals surface area contributed by atoms with E-state index in [-0.39, 0.29) is 23.6 Å². The van der Waals surface area contributed by atoms with Crippen LogP contribution in [0.4, 0.5) is 4.79 Å². The molecule has 5 rings (SSSR count). The van der Waals surface area contributed by atoms with E-state index in [1.54, 1.807) is 17.0 Å². The Morgan fingerprint density at radius 3 is 2.72 bits per heavy atom. The van der Waals surface area contributed by atoms with Crippen LogP contribution in [0.2, 0.25) is 4.34 Å². The first kappa shape index (κ1) is 24.9. The fourth-order valence-corrected chi connectivity index (χ4v) is 6.77. The Bertz CT molecular complexity index is 1290. The van der Waals surface area contributed by atoms with Crippen molar-refractivity contribution in [1.82, 2.24) is 19.6 Å². The molecule has 3 aromatic rings. The molecule has 2 saturated heterocycles. The number of nitrogens with zero attached hydrogens (tertiary/aromatic N) is 5. The molecule has 36 heavy (non-hydrogen) atoms. The number of carbonyl (C=O) groups is 2. The maximum absolute atomic E-state index is 13.3. The first-order valence-electron chi connectivity index (χ1n) is 11.6. The molecule has 2 aliphatic heterocycles. The molecule has 2 atom stereocenters. The summed E-state index contributed by atoms with van der Waals surface area (Å²) < 4.78 is 12.6. The summed E-state index contributed by atoms with van der Waals surface area (Å²) in [6.07, 6.45) is 1.43. The number of urea groups is 1. The summed E-state index contributed by atoms with van der Waals surface area (Å²) in [5.41, 5.74) is 0.897. The molecule has 9 nitrogen and oxygen atoms in total. The highest BCUT2D eigenvalue weighted by Gasteiger charge is 2.40. The van der Waals surface area contributed by atoms with Crippen LogP contribution in [0.15, 0.2) is 40.0 Å². The van der Waals surface area contributed by atoms with E-state index in [9.17, 15) is 14.9 Å². The Labute approximate surface area is 221 Å². The molecule has 3 aromatic heterocycles. The lowest BCUT2D eigenvalue weighted by Gasteiger charge is -2.31. The average Bonchev–Trinajstić information content (AvgIpc) is 3.69. The molecule has 2 fully saturated rings. The van der Waals surface area contributed by atoms with Gasteiger partial charge >= 0.3 is 11.9 Å². The molecule has 0 saturated carbocycles. The smallest absolute Gasteiger partial charge is 0.320 e. The third-order valence-electron chi connectivity index (χ3n) is 6.40. The molecule has 0 bridgehead atoms. The van der Waals surface area contributed by atoms with Crippen LogP contribution in [0, 0.1) is 17.2 Å². The molecular weight excluding hydrogens is 522 g/mol. The third kappa shape index (κ3) is 4.91. The third-order valence-corrected chi connectivity index (χ3v) is 8.92. The summed E-state index contributed by atoms with van der Waals surface area (Å²) in [6, 6.07) is 9.23. The van der Waals surface area contributed by atoms with Gasteiger partial charge in [0.25, 0.3) is 0 Å². The van der Waals surface area contributed by atoms with Crippen LogP contribution >= 0.6 is 34.7 Å². The topological polar surface area (TPSA) is 105 Å². The number of nitriles is 1. The Hall–Kier alpha value is -2.78. The maximum atomic E-state index is 13.3. The molecule has 0 aromatic carbocycles. The molecular formula is C24H24ClN5O4S2. The number of morpholine rings is 1. The number of hydrogen-bond donors (Lipinski definition) is 0. The number of thioether (sulfide) groups is 1. The number of hydrogen-bond acceptors (Lipinski definition) is 8. The monoisotopic (exact) mass is 545 g/mol. The molecule has 2 unspecified atom stereocenters. The highest BCUT2D eigenvalue weighted by Crippen LogP contribution is 2.39. The number of carbonyl (C=O) groups excluding carboxylic acids is 2. The van der Waals surface area contributed by atoms with Crippen molar-refractivity contribution in [2.75, 3.05) is 39.4 Å².